The Morgan fingerprint density at radius 2 is 2.32 bits per heavy atom. The predicted octanol–water partition coefficient (Wildman–Crippen LogP) is 0.376. The molecule has 0 bridgehead atoms. The molecule has 2 heterocycles. The van der Waals surface area contributed by atoms with Crippen molar-refractivity contribution in [1.82, 2.24) is 14.9 Å². The van der Waals surface area contributed by atoms with Crippen molar-refractivity contribution in [2.75, 3.05) is 38.2 Å². The van der Waals surface area contributed by atoms with Crippen LogP contribution >= 0.6 is 0 Å². The number of aromatic nitrogens is 2. The van der Waals surface area contributed by atoms with Crippen LogP contribution in [0.25, 0.3) is 0 Å². The van der Waals surface area contributed by atoms with E-state index in [1.165, 1.54) is 0 Å². The summed E-state index contributed by atoms with van der Waals surface area (Å²) in [5, 5.41) is 9.45. The maximum absolute atomic E-state index is 9.45. The number of β-amino-alcohol motifs (C(OH)–C–C–N with tert-alkyl or cyclic N) is 1. The lowest BCUT2D eigenvalue weighted by atomic mass is 10.2. The number of aliphatic hydroxyl groups excluding tert-OH is 1. The van der Waals surface area contributed by atoms with Crippen molar-refractivity contribution in [2.45, 2.75) is 26.0 Å². The Morgan fingerprint density at radius 3 is 2.95 bits per heavy atom. The average molecular weight is 266 g/mol. The van der Waals surface area contributed by atoms with Crippen LogP contribution < -0.4 is 9.64 Å². The summed E-state index contributed by atoms with van der Waals surface area (Å²) in [6, 6.07) is 2.07. The van der Waals surface area contributed by atoms with Crippen LogP contribution in [-0.2, 0) is 0 Å². The smallest absolute Gasteiger partial charge is 0.228 e. The lowest BCUT2D eigenvalue weighted by molar-refractivity contribution is 0.114. The molecule has 0 radical (unpaired) electrons. The third kappa shape index (κ3) is 3.54. The van der Waals surface area contributed by atoms with Gasteiger partial charge in [-0.3, -0.25) is 4.90 Å². The minimum absolute atomic E-state index is 0.285. The molecule has 1 aliphatic rings. The van der Waals surface area contributed by atoms with E-state index in [4.69, 9.17) is 4.74 Å². The molecule has 1 N–H and O–H groups in total. The molecule has 2 unspecified atom stereocenters. The van der Waals surface area contributed by atoms with Crippen LogP contribution in [0.15, 0.2) is 12.3 Å². The van der Waals surface area contributed by atoms with Gasteiger partial charge in [0, 0.05) is 44.5 Å². The summed E-state index contributed by atoms with van der Waals surface area (Å²) >= 11 is 0. The minimum atomic E-state index is -0.285. The molecular formula is C13H22N4O2. The number of ether oxygens (including phenoxy) is 1. The van der Waals surface area contributed by atoms with Crippen LogP contribution in [0.4, 0.5) is 5.95 Å². The van der Waals surface area contributed by atoms with E-state index < -0.39 is 0 Å². The van der Waals surface area contributed by atoms with Gasteiger partial charge >= 0.3 is 0 Å². The molecular weight excluding hydrogens is 244 g/mol. The van der Waals surface area contributed by atoms with Crippen LogP contribution in [0, 0.1) is 0 Å². The molecule has 0 aliphatic carbocycles. The molecule has 2 rings (SSSR count). The van der Waals surface area contributed by atoms with Crippen LogP contribution in [0.1, 0.15) is 13.8 Å². The molecule has 6 nitrogen and oxygen atoms in total. The normalized spacial score (nSPS) is 22.3. The van der Waals surface area contributed by atoms with Crippen LogP contribution in [0.5, 0.6) is 5.88 Å². The van der Waals surface area contributed by atoms with Gasteiger partial charge in [0.25, 0.3) is 0 Å². The third-order valence-electron chi connectivity index (χ3n) is 3.32. The predicted molar refractivity (Wildman–Crippen MR) is 73.5 cm³/mol. The number of nitrogens with zero attached hydrogens (tertiary/aromatic N) is 4. The van der Waals surface area contributed by atoms with Gasteiger partial charge in [0.1, 0.15) is 0 Å². The molecule has 1 saturated heterocycles. The van der Waals surface area contributed by atoms with E-state index in [1.807, 2.05) is 6.92 Å². The second-order valence-corrected chi connectivity index (χ2v) is 5.05. The lowest BCUT2D eigenvalue weighted by Crippen LogP contribution is -2.53. The van der Waals surface area contributed by atoms with Gasteiger partial charge < -0.3 is 14.7 Å². The van der Waals surface area contributed by atoms with Gasteiger partial charge in [0.05, 0.1) is 13.2 Å². The van der Waals surface area contributed by atoms with Gasteiger partial charge in [-0.15, -0.1) is 0 Å². The summed E-state index contributed by atoms with van der Waals surface area (Å²) in [6.45, 7) is 7.37. The number of rotatable bonds is 4. The highest BCUT2D eigenvalue weighted by Gasteiger charge is 2.26. The fraction of sp³-hybridized carbons (Fsp3) is 0.692. The number of hydrogen-bond acceptors (Lipinski definition) is 6. The zero-order valence-corrected chi connectivity index (χ0v) is 11.8. The van der Waals surface area contributed by atoms with Gasteiger partial charge in [-0.05, 0) is 13.8 Å². The summed E-state index contributed by atoms with van der Waals surface area (Å²) in [5.41, 5.74) is 0. The number of piperazine rings is 1. The molecule has 1 aromatic rings. The first-order valence-electron chi connectivity index (χ1n) is 6.64. The molecule has 0 saturated carbocycles. The monoisotopic (exact) mass is 266 g/mol. The Bertz CT molecular complexity index is 413. The number of hydrogen-bond donors (Lipinski definition) is 1. The number of methoxy groups -OCH3 is 1. The Kier molecular flexibility index (Phi) is 4.55. The summed E-state index contributed by atoms with van der Waals surface area (Å²) in [7, 11) is 1.61. The van der Waals surface area contributed by atoms with Crippen LogP contribution in [0.2, 0.25) is 0 Å². The van der Waals surface area contributed by atoms with Gasteiger partial charge in [-0.2, -0.15) is 4.98 Å². The molecule has 0 spiro atoms. The lowest BCUT2D eigenvalue weighted by Gasteiger charge is -2.40. The molecule has 2 atom stereocenters. The fourth-order valence-corrected chi connectivity index (χ4v) is 2.45. The molecule has 0 aromatic carbocycles. The summed E-state index contributed by atoms with van der Waals surface area (Å²) in [5.74, 6) is 1.30. The summed E-state index contributed by atoms with van der Waals surface area (Å²) in [6.07, 6.45) is 1.43. The highest BCUT2D eigenvalue weighted by molar-refractivity contribution is 5.34. The maximum Gasteiger partial charge on any atom is 0.228 e. The van der Waals surface area contributed by atoms with Gasteiger partial charge in [-0.25, -0.2) is 4.98 Å². The first-order valence-corrected chi connectivity index (χ1v) is 6.64. The second-order valence-electron chi connectivity index (χ2n) is 5.05. The minimum Gasteiger partial charge on any atom is -0.481 e. The van der Waals surface area contributed by atoms with E-state index >= 15 is 0 Å². The van der Waals surface area contributed by atoms with E-state index in [2.05, 4.69) is 26.7 Å². The molecule has 0 amide bonds. The Hall–Kier alpha value is -1.40. The van der Waals surface area contributed by atoms with E-state index in [0.717, 1.165) is 26.2 Å². The van der Waals surface area contributed by atoms with E-state index in [-0.39, 0.29) is 6.10 Å². The van der Waals surface area contributed by atoms with Gasteiger partial charge in [-0.1, -0.05) is 0 Å². The topological polar surface area (TPSA) is 61.7 Å². The largest absolute Gasteiger partial charge is 0.481 e. The zero-order valence-electron chi connectivity index (χ0n) is 11.8. The third-order valence-corrected chi connectivity index (χ3v) is 3.32. The summed E-state index contributed by atoms with van der Waals surface area (Å²) in [4.78, 5) is 13.1. The highest BCUT2D eigenvalue weighted by atomic mass is 16.5. The Morgan fingerprint density at radius 1 is 1.53 bits per heavy atom. The first-order chi connectivity index (χ1) is 9.10. The first kappa shape index (κ1) is 14.0. The van der Waals surface area contributed by atoms with E-state index in [0.29, 0.717) is 17.9 Å². The van der Waals surface area contributed by atoms with Crippen molar-refractivity contribution < 1.29 is 9.84 Å². The molecule has 1 fully saturated rings. The summed E-state index contributed by atoms with van der Waals surface area (Å²) < 4.78 is 5.13. The molecule has 19 heavy (non-hydrogen) atoms. The van der Waals surface area contributed by atoms with Crippen molar-refractivity contribution >= 4 is 5.95 Å². The van der Waals surface area contributed by atoms with Crippen LogP contribution in [0.3, 0.4) is 0 Å². The number of anilines is 1. The van der Waals surface area contributed by atoms with E-state index in [9.17, 15) is 5.11 Å². The molecule has 106 valence electrons. The quantitative estimate of drug-likeness (QED) is 0.850. The SMILES string of the molecule is COc1ccnc(N2CCN(CC(C)O)CC2C)n1. The van der Waals surface area contributed by atoms with Crippen molar-refractivity contribution in [3.63, 3.8) is 0 Å². The molecule has 1 aromatic heterocycles. The Labute approximate surface area is 114 Å². The second kappa shape index (κ2) is 6.16. The molecule has 1 aliphatic heterocycles. The Balaban J connectivity index is 2.02. The highest BCUT2D eigenvalue weighted by Crippen LogP contribution is 2.18. The van der Waals surface area contributed by atoms with Gasteiger partial charge in [0.2, 0.25) is 11.8 Å². The molecule has 6 heteroatoms. The van der Waals surface area contributed by atoms with Gasteiger partial charge in [0.15, 0.2) is 0 Å². The zero-order chi connectivity index (χ0) is 13.8. The standard InChI is InChI=1S/C13H22N4O2/c1-10-8-16(9-11(2)18)6-7-17(10)13-14-5-4-12(15-13)19-3/h4-5,10-11,18H,6-9H2,1-3H3. The van der Waals surface area contributed by atoms with Crippen LogP contribution in [-0.4, -0.2) is 65.4 Å². The van der Waals surface area contributed by atoms with Crippen molar-refractivity contribution in [3.05, 3.63) is 12.3 Å². The maximum atomic E-state index is 9.45. The van der Waals surface area contributed by atoms with Crippen molar-refractivity contribution in [3.8, 4) is 5.88 Å². The number of aliphatic hydroxyl groups is 1. The van der Waals surface area contributed by atoms with Crippen molar-refractivity contribution in [1.29, 1.82) is 0 Å². The van der Waals surface area contributed by atoms with E-state index in [1.54, 1.807) is 19.4 Å². The average Bonchev–Trinajstić information content (AvgIpc) is 2.38. The fourth-order valence-electron chi connectivity index (χ4n) is 2.45. The van der Waals surface area contributed by atoms with Crippen molar-refractivity contribution in [2.24, 2.45) is 0 Å².